The lowest BCUT2D eigenvalue weighted by atomic mass is 9.47. The fraction of sp³-hybridized carbons (Fsp3) is 0.862. The van der Waals surface area contributed by atoms with Crippen LogP contribution in [0, 0.1) is 52.3 Å². The molecule has 1 heteroatoms. The molecule has 0 heterocycles. The number of fused-ring (bicyclic) bond motifs is 5. The summed E-state index contributed by atoms with van der Waals surface area (Å²) in [5.74, 6) is 5.32. The summed E-state index contributed by atoms with van der Waals surface area (Å²) in [4.78, 5) is 0. The molecule has 170 valence electrons. The van der Waals surface area contributed by atoms with Crippen molar-refractivity contribution in [3.63, 3.8) is 0 Å². The maximum absolute atomic E-state index is 10.3. The van der Waals surface area contributed by atoms with Crippen molar-refractivity contribution in [2.45, 2.75) is 105 Å². The third kappa shape index (κ3) is 3.66. The largest absolute Gasteiger partial charge is 0.393 e. The zero-order valence-electron chi connectivity index (χ0n) is 20.7. The van der Waals surface area contributed by atoms with Crippen LogP contribution in [0.5, 0.6) is 0 Å². The Balaban J connectivity index is 1.53. The van der Waals surface area contributed by atoms with E-state index in [4.69, 9.17) is 0 Å². The lowest BCUT2D eigenvalue weighted by Gasteiger charge is -2.57. The molecule has 4 aliphatic rings. The molecule has 0 radical (unpaired) electrons. The topological polar surface area (TPSA) is 20.2 Å². The Kier molecular flexibility index (Phi) is 6.35. The lowest BCUT2D eigenvalue weighted by Crippen LogP contribution is -2.49. The summed E-state index contributed by atoms with van der Waals surface area (Å²) in [6.07, 6.45) is 19.2. The van der Waals surface area contributed by atoms with Crippen LogP contribution in [0.1, 0.15) is 99.3 Å². The van der Waals surface area contributed by atoms with Crippen molar-refractivity contribution in [2.24, 2.45) is 52.3 Å². The molecule has 4 rings (SSSR count). The first-order chi connectivity index (χ1) is 14.2. The van der Waals surface area contributed by atoms with E-state index in [1.807, 2.05) is 5.57 Å². The van der Waals surface area contributed by atoms with Crippen LogP contribution in [0.2, 0.25) is 0 Å². The molecule has 0 spiro atoms. The van der Waals surface area contributed by atoms with Gasteiger partial charge in [0.15, 0.2) is 0 Å². The molecule has 1 nitrogen and oxygen atoms in total. The average Bonchev–Trinajstić information content (AvgIpc) is 3.06. The summed E-state index contributed by atoms with van der Waals surface area (Å²) in [5, 5.41) is 10.3. The Morgan fingerprint density at radius 2 is 1.70 bits per heavy atom. The Hall–Kier alpha value is -0.560. The molecule has 1 unspecified atom stereocenters. The summed E-state index contributed by atoms with van der Waals surface area (Å²) < 4.78 is 0. The highest BCUT2D eigenvalue weighted by Gasteiger charge is 2.57. The molecule has 4 aliphatic carbocycles. The summed E-state index contributed by atoms with van der Waals surface area (Å²) in [6, 6.07) is 0. The van der Waals surface area contributed by atoms with Gasteiger partial charge in [-0.15, -0.1) is 0 Å². The van der Waals surface area contributed by atoms with Crippen LogP contribution in [0.15, 0.2) is 23.8 Å². The fourth-order valence-electron chi connectivity index (χ4n) is 8.68. The van der Waals surface area contributed by atoms with Gasteiger partial charge in [0.2, 0.25) is 0 Å². The van der Waals surface area contributed by atoms with Crippen molar-refractivity contribution in [3.8, 4) is 0 Å². The molecule has 0 aromatic heterocycles. The van der Waals surface area contributed by atoms with Gasteiger partial charge in [0.25, 0.3) is 0 Å². The first kappa shape index (κ1) is 22.6. The molecule has 3 saturated carbocycles. The van der Waals surface area contributed by atoms with E-state index in [2.05, 4.69) is 59.8 Å². The van der Waals surface area contributed by atoms with Crippen molar-refractivity contribution in [2.75, 3.05) is 0 Å². The normalized spacial score (nSPS) is 45.6. The van der Waals surface area contributed by atoms with E-state index in [1.54, 1.807) is 0 Å². The number of aliphatic hydroxyl groups is 1. The number of aliphatic hydroxyl groups excluding tert-OH is 1. The standard InChI is InChI=1S/C29H48O/c1-7-21(19(2)3)9-8-20(4)25-12-13-26-24-11-10-22-18-23(30)14-16-28(22,5)27(24)15-17-29(25,26)6/h8-9,11,19-23,25-27,30H,7,10,12-18H2,1-6H3/t20-,21?,22+,23+,25-,26+,27+,28+,29-/m1/s1. The number of allylic oxidation sites excluding steroid dienone is 4. The second kappa shape index (κ2) is 8.42. The molecule has 0 aromatic rings. The Morgan fingerprint density at radius 3 is 2.40 bits per heavy atom. The molecule has 30 heavy (non-hydrogen) atoms. The molecule has 0 amide bonds. The van der Waals surface area contributed by atoms with Gasteiger partial charge in [0, 0.05) is 0 Å². The van der Waals surface area contributed by atoms with Gasteiger partial charge in [-0.25, -0.2) is 0 Å². The first-order valence-corrected chi connectivity index (χ1v) is 13.3. The van der Waals surface area contributed by atoms with Crippen LogP contribution in [0.25, 0.3) is 0 Å². The van der Waals surface area contributed by atoms with E-state index in [-0.39, 0.29) is 6.10 Å². The molecule has 0 bridgehead atoms. The maximum Gasteiger partial charge on any atom is 0.0543 e. The first-order valence-electron chi connectivity index (χ1n) is 13.3. The van der Waals surface area contributed by atoms with Crippen LogP contribution in [-0.2, 0) is 0 Å². The SMILES string of the molecule is CCC(C=C[C@@H](C)[C@H]1CC[C@H]2C3=CC[C@H]4C[C@@H](O)CC[C@]4(C)[C@H]3CC[C@]12C)C(C)C. The summed E-state index contributed by atoms with van der Waals surface area (Å²) in [7, 11) is 0. The van der Waals surface area contributed by atoms with E-state index in [9.17, 15) is 5.11 Å². The van der Waals surface area contributed by atoms with Crippen molar-refractivity contribution >= 4 is 0 Å². The van der Waals surface area contributed by atoms with Crippen molar-refractivity contribution in [3.05, 3.63) is 23.8 Å². The van der Waals surface area contributed by atoms with E-state index in [1.165, 1.54) is 44.9 Å². The minimum absolute atomic E-state index is 0.0480. The molecular formula is C29H48O. The van der Waals surface area contributed by atoms with Gasteiger partial charge in [0.1, 0.15) is 0 Å². The molecule has 1 N–H and O–H groups in total. The van der Waals surface area contributed by atoms with Gasteiger partial charge in [-0.3, -0.25) is 0 Å². The number of hydrogen-bond donors (Lipinski definition) is 1. The van der Waals surface area contributed by atoms with Gasteiger partial charge in [0.05, 0.1) is 6.10 Å². The van der Waals surface area contributed by atoms with Crippen LogP contribution in [-0.4, -0.2) is 11.2 Å². The minimum atomic E-state index is -0.0480. The minimum Gasteiger partial charge on any atom is -0.393 e. The second-order valence-electron chi connectivity index (χ2n) is 12.5. The summed E-state index contributed by atoms with van der Waals surface area (Å²) >= 11 is 0. The molecule has 3 fully saturated rings. The quantitative estimate of drug-likeness (QED) is 0.457. The van der Waals surface area contributed by atoms with E-state index in [0.717, 1.165) is 42.4 Å². The predicted octanol–water partition coefficient (Wildman–Crippen LogP) is 7.80. The van der Waals surface area contributed by atoms with Gasteiger partial charge in [-0.2, -0.15) is 0 Å². The monoisotopic (exact) mass is 412 g/mol. The summed E-state index contributed by atoms with van der Waals surface area (Å²) in [6.45, 7) is 14.8. The Labute approximate surface area is 186 Å². The molecular weight excluding hydrogens is 364 g/mol. The van der Waals surface area contributed by atoms with Crippen molar-refractivity contribution < 1.29 is 5.11 Å². The van der Waals surface area contributed by atoms with E-state index < -0.39 is 0 Å². The van der Waals surface area contributed by atoms with E-state index >= 15 is 0 Å². The van der Waals surface area contributed by atoms with Gasteiger partial charge in [-0.1, -0.05) is 65.3 Å². The van der Waals surface area contributed by atoms with E-state index in [0.29, 0.717) is 22.7 Å². The van der Waals surface area contributed by atoms with Gasteiger partial charge < -0.3 is 5.11 Å². The highest BCUT2D eigenvalue weighted by molar-refractivity contribution is 5.28. The molecule has 9 atom stereocenters. The maximum atomic E-state index is 10.3. The number of rotatable bonds is 5. The van der Waals surface area contributed by atoms with Crippen LogP contribution >= 0.6 is 0 Å². The zero-order valence-corrected chi connectivity index (χ0v) is 20.7. The number of hydrogen-bond acceptors (Lipinski definition) is 1. The smallest absolute Gasteiger partial charge is 0.0543 e. The van der Waals surface area contributed by atoms with Crippen LogP contribution in [0.3, 0.4) is 0 Å². The van der Waals surface area contributed by atoms with Crippen LogP contribution < -0.4 is 0 Å². The highest BCUT2D eigenvalue weighted by atomic mass is 16.3. The molecule has 0 aliphatic heterocycles. The zero-order chi connectivity index (χ0) is 21.7. The van der Waals surface area contributed by atoms with Crippen molar-refractivity contribution in [1.82, 2.24) is 0 Å². The van der Waals surface area contributed by atoms with Crippen LogP contribution in [0.4, 0.5) is 0 Å². The Morgan fingerprint density at radius 1 is 1.00 bits per heavy atom. The third-order valence-electron chi connectivity index (χ3n) is 10.7. The third-order valence-corrected chi connectivity index (χ3v) is 10.7. The van der Waals surface area contributed by atoms with Gasteiger partial charge in [-0.05, 0) is 110 Å². The Bertz CT molecular complexity index is 674. The highest BCUT2D eigenvalue weighted by Crippen LogP contribution is 2.66. The lowest BCUT2D eigenvalue weighted by molar-refractivity contribution is -0.0414. The average molecular weight is 413 g/mol. The predicted molar refractivity (Wildman–Crippen MR) is 128 cm³/mol. The second-order valence-corrected chi connectivity index (χ2v) is 12.5. The van der Waals surface area contributed by atoms with Crippen molar-refractivity contribution in [1.29, 1.82) is 0 Å². The molecule has 0 aromatic carbocycles. The fourth-order valence-corrected chi connectivity index (χ4v) is 8.68. The van der Waals surface area contributed by atoms with Gasteiger partial charge >= 0.3 is 0 Å². The summed E-state index contributed by atoms with van der Waals surface area (Å²) in [5.41, 5.74) is 2.79. The molecule has 0 saturated heterocycles.